The normalized spacial score (nSPS) is 13.3. The number of pyridine rings is 1. The summed E-state index contributed by atoms with van der Waals surface area (Å²) in [6, 6.07) is 13.9. The van der Waals surface area contributed by atoms with Crippen LogP contribution in [0.3, 0.4) is 0 Å². The lowest BCUT2D eigenvalue weighted by Gasteiger charge is -2.18. The first-order valence-corrected chi connectivity index (χ1v) is 11.5. The fourth-order valence-corrected chi connectivity index (χ4v) is 5.31. The van der Waals surface area contributed by atoms with Gasteiger partial charge in [-0.15, -0.1) is 0 Å². The monoisotopic (exact) mass is 443 g/mol. The number of rotatable bonds is 4. The van der Waals surface area contributed by atoms with Crippen molar-refractivity contribution in [3.63, 3.8) is 0 Å². The molecule has 9 nitrogen and oxygen atoms in total. The van der Waals surface area contributed by atoms with E-state index in [1.54, 1.807) is 24.3 Å². The molecular weight excluding hydrogens is 426 g/mol. The summed E-state index contributed by atoms with van der Waals surface area (Å²) in [5, 5.41) is 22.9. The lowest BCUT2D eigenvalue weighted by atomic mass is 10.1. The Labute approximate surface area is 184 Å². The smallest absolute Gasteiger partial charge is 0.269 e. The van der Waals surface area contributed by atoms with Crippen molar-refractivity contribution in [2.45, 2.75) is 30.7 Å². The second-order valence-electron chi connectivity index (χ2n) is 7.40. The molecular formula is C22H17N7O2S. The van der Waals surface area contributed by atoms with Gasteiger partial charge >= 0.3 is 0 Å². The summed E-state index contributed by atoms with van der Waals surface area (Å²) in [6.45, 7) is 0.714. The third-order valence-corrected chi connectivity index (χ3v) is 7.21. The topological polar surface area (TPSA) is 129 Å². The van der Waals surface area contributed by atoms with Crippen molar-refractivity contribution in [1.82, 2.24) is 18.5 Å². The molecule has 1 aromatic carbocycles. The van der Waals surface area contributed by atoms with Gasteiger partial charge in [0.05, 0.1) is 16.1 Å². The van der Waals surface area contributed by atoms with Crippen molar-refractivity contribution in [2.75, 3.05) is 5.32 Å². The Balaban J connectivity index is 1.68. The molecule has 0 amide bonds. The van der Waals surface area contributed by atoms with Crippen LogP contribution in [0.4, 0.5) is 11.5 Å². The number of imidazole rings is 1. The molecule has 1 aliphatic heterocycles. The molecule has 0 unspecified atom stereocenters. The van der Waals surface area contributed by atoms with Gasteiger partial charge in [-0.2, -0.15) is 10.5 Å². The van der Waals surface area contributed by atoms with Crippen LogP contribution >= 0.6 is 0 Å². The van der Waals surface area contributed by atoms with Gasteiger partial charge in [0.1, 0.15) is 23.8 Å². The number of nitriles is 2. The first kappa shape index (κ1) is 19.8. The summed E-state index contributed by atoms with van der Waals surface area (Å²) in [4.78, 5) is 8.82. The van der Waals surface area contributed by atoms with E-state index in [0.29, 0.717) is 23.4 Å². The molecule has 10 heteroatoms. The fourth-order valence-electron chi connectivity index (χ4n) is 3.99. The van der Waals surface area contributed by atoms with Gasteiger partial charge in [-0.1, -0.05) is 18.2 Å². The van der Waals surface area contributed by atoms with Crippen molar-refractivity contribution in [2.24, 2.45) is 0 Å². The van der Waals surface area contributed by atoms with Crippen LogP contribution in [0, 0.1) is 22.7 Å². The van der Waals surface area contributed by atoms with Gasteiger partial charge in [0, 0.05) is 30.7 Å². The molecule has 0 radical (unpaired) electrons. The molecule has 5 rings (SSSR count). The summed E-state index contributed by atoms with van der Waals surface area (Å²) < 4.78 is 29.4. The van der Waals surface area contributed by atoms with E-state index in [0.717, 1.165) is 29.1 Å². The number of nitrogens with one attached hydrogen (secondary N) is 1. The molecule has 0 atom stereocenters. The highest BCUT2D eigenvalue weighted by Crippen LogP contribution is 2.33. The molecule has 158 valence electrons. The number of aryl methyl sites for hydroxylation is 1. The van der Waals surface area contributed by atoms with Gasteiger partial charge < -0.3 is 9.88 Å². The second-order valence-corrected chi connectivity index (χ2v) is 9.21. The Hall–Kier alpha value is -4.15. The summed E-state index contributed by atoms with van der Waals surface area (Å²) in [5.41, 5.74) is 1.06. The molecule has 1 aliphatic rings. The fraction of sp³-hybridized carbons (Fsp3) is 0.182. The largest absolute Gasteiger partial charge is 0.337 e. The summed E-state index contributed by atoms with van der Waals surface area (Å²) in [7, 11) is -3.87. The second kappa shape index (κ2) is 7.52. The molecule has 0 fully saturated rings. The van der Waals surface area contributed by atoms with Crippen molar-refractivity contribution in [1.29, 1.82) is 10.5 Å². The maximum absolute atomic E-state index is 13.2. The number of hydrogen-bond acceptors (Lipinski definition) is 7. The van der Waals surface area contributed by atoms with E-state index in [2.05, 4.69) is 27.4 Å². The highest BCUT2D eigenvalue weighted by molar-refractivity contribution is 7.90. The summed E-state index contributed by atoms with van der Waals surface area (Å²) >= 11 is 0. The lowest BCUT2D eigenvalue weighted by Crippen LogP contribution is -2.14. The number of anilines is 2. The Morgan fingerprint density at radius 2 is 1.88 bits per heavy atom. The number of fused-ring (bicyclic) bond motifs is 2. The molecule has 32 heavy (non-hydrogen) atoms. The predicted molar refractivity (Wildman–Crippen MR) is 117 cm³/mol. The number of benzene rings is 1. The maximum Gasteiger partial charge on any atom is 0.269 e. The first-order chi connectivity index (χ1) is 15.5. The van der Waals surface area contributed by atoms with Crippen LogP contribution in [-0.2, 0) is 23.0 Å². The van der Waals surface area contributed by atoms with E-state index in [1.165, 1.54) is 24.5 Å². The Bertz CT molecular complexity index is 1540. The van der Waals surface area contributed by atoms with E-state index in [-0.39, 0.29) is 21.8 Å². The summed E-state index contributed by atoms with van der Waals surface area (Å²) in [6.07, 6.45) is 5.50. The van der Waals surface area contributed by atoms with Gasteiger partial charge in [0.15, 0.2) is 11.3 Å². The van der Waals surface area contributed by atoms with E-state index >= 15 is 0 Å². The molecule has 4 aromatic rings. The average molecular weight is 443 g/mol. The Kier molecular flexibility index (Phi) is 4.65. The highest BCUT2D eigenvalue weighted by Gasteiger charge is 2.24. The Morgan fingerprint density at radius 1 is 1.06 bits per heavy atom. The van der Waals surface area contributed by atoms with Gasteiger partial charge in [0.25, 0.3) is 10.0 Å². The van der Waals surface area contributed by atoms with Crippen LogP contribution in [0.15, 0.2) is 53.7 Å². The van der Waals surface area contributed by atoms with Gasteiger partial charge in [0.2, 0.25) is 0 Å². The predicted octanol–water partition coefficient (Wildman–Crippen LogP) is 3.29. The van der Waals surface area contributed by atoms with Crippen LogP contribution < -0.4 is 5.32 Å². The molecule has 0 spiro atoms. The van der Waals surface area contributed by atoms with E-state index < -0.39 is 10.0 Å². The summed E-state index contributed by atoms with van der Waals surface area (Å²) in [5.74, 6) is 1.33. The number of aromatic nitrogens is 4. The standard InChI is InChI=1S/C22H17N7O2S/c23-12-15-14-25-21-17(9-11-29(21)32(30,31)16-6-2-1-3-7-16)20(15)27-22-18(13-24)26-19-8-4-5-10-28(19)22/h1-3,6-7,9,11,14H,4-5,8,10H2,(H,25,27). The zero-order valence-corrected chi connectivity index (χ0v) is 17.7. The van der Waals surface area contributed by atoms with E-state index in [1.807, 2.05) is 4.57 Å². The van der Waals surface area contributed by atoms with Crippen LogP contribution in [0.25, 0.3) is 11.0 Å². The third kappa shape index (κ3) is 3.01. The molecule has 0 bridgehead atoms. The average Bonchev–Trinajstić information content (AvgIpc) is 3.42. The van der Waals surface area contributed by atoms with Gasteiger partial charge in [-0.3, -0.25) is 0 Å². The minimum Gasteiger partial charge on any atom is -0.337 e. The van der Waals surface area contributed by atoms with Gasteiger partial charge in [-0.25, -0.2) is 22.4 Å². The minimum atomic E-state index is -3.87. The van der Waals surface area contributed by atoms with Crippen LogP contribution in [0.2, 0.25) is 0 Å². The van der Waals surface area contributed by atoms with Crippen LogP contribution in [0.1, 0.15) is 29.9 Å². The van der Waals surface area contributed by atoms with Crippen molar-refractivity contribution in [3.05, 3.63) is 65.9 Å². The quantitative estimate of drug-likeness (QED) is 0.512. The van der Waals surface area contributed by atoms with Crippen molar-refractivity contribution in [3.8, 4) is 12.1 Å². The Morgan fingerprint density at radius 3 is 2.62 bits per heavy atom. The molecule has 0 saturated heterocycles. The van der Waals surface area contributed by atoms with Gasteiger partial charge in [-0.05, 0) is 31.0 Å². The van der Waals surface area contributed by atoms with Crippen molar-refractivity contribution >= 4 is 32.6 Å². The zero-order valence-electron chi connectivity index (χ0n) is 16.9. The molecule has 1 N–H and O–H groups in total. The number of nitrogens with zero attached hydrogens (tertiary/aromatic N) is 6. The molecule has 3 aromatic heterocycles. The van der Waals surface area contributed by atoms with E-state index in [9.17, 15) is 18.9 Å². The first-order valence-electron chi connectivity index (χ1n) is 10.0. The molecule has 0 saturated carbocycles. The number of hydrogen-bond donors (Lipinski definition) is 1. The van der Waals surface area contributed by atoms with Crippen LogP contribution in [-0.4, -0.2) is 26.9 Å². The highest BCUT2D eigenvalue weighted by atomic mass is 32.2. The minimum absolute atomic E-state index is 0.134. The maximum atomic E-state index is 13.2. The molecule has 4 heterocycles. The third-order valence-electron chi connectivity index (χ3n) is 5.53. The van der Waals surface area contributed by atoms with Crippen molar-refractivity contribution < 1.29 is 8.42 Å². The lowest BCUT2D eigenvalue weighted by molar-refractivity contribution is 0.526. The SMILES string of the molecule is N#Cc1cnc2c(ccn2S(=O)(=O)c2ccccc2)c1Nc1c(C#N)nc2n1CCCC2. The zero-order chi connectivity index (χ0) is 22.3. The van der Waals surface area contributed by atoms with Crippen LogP contribution in [0.5, 0.6) is 0 Å². The van der Waals surface area contributed by atoms with E-state index in [4.69, 9.17) is 0 Å². The molecule has 0 aliphatic carbocycles.